The van der Waals surface area contributed by atoms with Crippen molar-refractivity contribution in [3.8, 4) is 0 Å². The second-order valence-electron chi connectivity index (χ2n) is 14.4. The van der Waals surface area contributed by atoms with E-state index in [0.29, 0.717) is 12.5 Å². The maximum atomic E-state index is 13.2. The number of hydrogen-bond acceptors (Lipinski definition) is 11. The van der Waals surface area contributed by atoms with E-state index in [4.69, 9.17) is 44.8 Å². The van der Waals surface area contributed by atoms with Gasteiger partial charge in [0.25, 0.3) is 0 Å². The molecule has 0 aromatic rings. The van der Waals surface area contributed by atoms with Crippen LogP contribution in [0.3, 0.4) is 0 Å². The van der Waals surface area contributed by atoms with Gasteiger partial charge in [-0.3, -0.25) is 19.2 Å². The summed E-state index contributed by atoms with van der Waals surface area (Å²) in [5.74, 6) is -2.06. The molecule has 0 radical (unpaired) electrons. The summed E-state index contributed by atoms with van der Waals surface area (Å²) in [5.41, 5.74) is -3.61. The van der Waals surface area contributed by atoms with E-state index in [2.05, 4.69) is 0 Å². The molecule has 244 valence electrons. The van der Waals surface area contributed by atoms with Crippen LogP contribution in [0.2, 0.25) is 0 Å². The van der Waals surface area contributed by atoms with Crippen LogP contribution in [-0.2, 0) is 52.3 Å². The molecular formula is C30H51ClO11. The van der Waals surface area contributed by atoms with Crippen LogP contribution < -0.4 is 0 Å². The minimum atomic E-state index is -1.28. The van der Waals surface area contributed by atoms with Crippen LogP contribution in [-0.4, -0.2) is 86.9 Å². The molecule has 1 aliphatic heterocycles. The average Bonchev–Trinajstić information content (AvgIpc) is 3.15. The molecule has 0 spiro atoms. The Morgan fingerprint density at radius 2 is 1.14 bits per heavy atom. The highest BCUT2D eigenvalue weighted by Gasteiger charge is 2.56. The van der Waals surface area contributed by atoms with E-state index in [1.54, 1.807) is 83.1 Å². The van der Waals surface area contributed by atoms with Crippen molar-refractivity contribution in [2.24, 2.45) is 21.7 Å². The summed E-state index contributed by atoms with van der Waals surface area (Å²) in [6, 6.07) is 0. The standard InChI is InChI=1S/C30H51ClO11/c1-27(2,3)23(32)38-17-18(39-24(33)28(4,5)6)19-20(41-25(34)29(7,8)9)21(42-26(35)30(10,11)12)22(40-19)37-16-15-36-14-13-31/h18-22H,13-17H2,1-12H3/t18-,19+,20+,21-,22-/m1/s1. The fourth-order valence-electron chi connectivity index (χ4n) is 3.21. The van der Waals surface area contributed by atoms with Crippen molar-refractivity contribution in [2.75, 3.05) is 32.3 Å². The summed E-state index contributed by atoms with van der Waals surface area (Å²) in [6.45, 7) is 20.2. The second-order valence-corrected chi connectivity index (χ2v) is 14.8. The van der Waals surface area contributed by atoms with Gasteiger partial charge in [-0.1, -0.05) is 0 Å². The SMILES string of the molecule is CC(C)(C)C(=O)OC[C@@H](OC(=O)C(C)(C)C)[C@@H]1O[C@@H](OCCOCCCl)[C@H](OC(=O)C(C)(C)C)[C@H]1OC(=O)C(C)(C)C. The summed E-state index contributed by atoms with van der Waals surface area (Å²) in [6.07, 6.45) is -6.20. The number of ether oxygens (including phenoxy) is 7. The molecule has 0 aromatic heterocycles. The van der Waals surface area contributed by atoms with Crippen LogP contribution in [0, 0.1) is 21.7 Å². The first kappa shape index (κ1) is 38.1. The smallest absolute Gasteiger partial charge is 0.311 e. The number of alkyl halides is 1. The largest absolute Gasteiger partial charge is 0.461 e. The molecule has 1 rings (SSSR count). The van der Waals surface area contributed by atoms with Gasteiger partial charge in [-0.2, -0.15) is 0 Å². The first-order chi connectivity index (χ1) is 19.0. The Morgan fingerprint density at radius 3 is 1.60 bits per heavy atom. The highest BCUT2D eigenvalue weighted by atomic mass is 35.5. The van der Waals surface area contributed by atoms with Gasteiger partial charge in [0.15, 0.2) is 24.6 Å². The summed E-state index contributed by atoms with van der Waals surface area (Å²) in [7, 11) is 0. The van der Waals surface area contributed by atoms with Crippen LogP contribution in [0.25, 0.3) is 0 Å². The van der Waals surface area contributed by atoms with Gasteiger partial charge in [-0.15, -0.1) is 11.6 Å². The van der Waals surface area contributed by atoms with E-state index in [0.717, 1.165) is 0 Å². The second kappa shape index (κ2) is 15.2. The molecule has 0 amide bonds. The number of hydrogen-bond donors (Lipinski definition) is 0. The topological polar surface area (TPSA) is 133 Å². The zero-order chi connectivity index (χ0) is 32.7. The number of carbonyl (C=O) groups excluding carboxylic acids is 4. The lowest BCUT2D eigenvalue weighted by Gasteiger charge is -2.32. The summed E-state index contributed by atoms with van der Waals surface area (Å²) in [4.78, 5) is 51.9. The molecule has 1 fully saturated rings. The monoisotopic (exact) mass is 622 g/mol. The van der Waals surface area contributed by atoms with Crippen molar-refractivity contribution in [3.05, 3.63) is 0 Å². The minimum Gasteiger partial charge on any atom is -0.461 e. The predicted octanol–water partition coefficient (Wildman–Crippen LogP) is 4.45. The first-order valence-electron chi connectivity index (χ1n) is 14.2. The predicted molar refractivity (Wildman–Crippen MR) is 155 cm³/mol. The number of esters is 4. The van der Waals surface area contributed by atoms with Gasteiger partial charge in [0.05, 0.1) is 41.5 Å². The van der Waals surface area contributed by atoms with E-state index in [1.165, 1.54) is 0 Å². The van der Waals surface area contributed by atoms with E-state index in [1.807, 2.05) is 0 Å². The molecule has 1 saturated heterocycles. The van der Waals surface area contributed by atoms with Gasteiger partial charge in [0, 0.05) is 5.88 Å². The fraction of sp³-hybridized carbons (Fsp3) is 0.867. The van der Waals surface area contributed by atoms with E-state index < -0.39 is 82.8 Å². The zero-order valence-electron chi connectivity index (χ0n) is 27.3. The van der Waals surface area contributed by atoms with E-state index in [-0.39, 0.29) is 13.2 Å². The van der Waals surface area contributed by atoms with Crippen LogP contribution in [0.15, 0.2) is 0 Å². The van der Waals surface area contributed by atoms with Crippen LogP contribution in [0.5, 0.6) is 0 Å². The number of carbonyl (C=O) groups is 4. The molecule has 12 heteroatoms. The average molecular weight is 623 g/mol. The Labute approximate surface area is 255 Å². The van der Waals surface area contributed by atoms with Crippen LogP contribution >= 0.6 is 11.6 Å². The zero-order valence-corrected chi connectivity index (χ0v) is 28.0. The number of rotatable bonds is 12. The lowest BCUT2D eigenvalue weighted by Crippen LogP contribution is -2.50. The molecule has 42 heavy (non-hydrogen) atoms. The lowest BCUT2D eigenvalue weighted by atomic mass is 9.95. The number of halogens is 1. The lowest BCUT2D eigenvalue weighted by molar-refractivity contribution is -0.208. The van der Waals surface area contributed by atoms with Gasteiger partial charge in [0.2, 0.25) is 0 Å². The fourth-order valence-corrected chi connectivity index (χ4v) is 3.32. The third kappa shape index (κ3) is 12.0. The van der Waals surface area contributed by atoms with Gasteiger partial charge in [-0.05, 0) is 83.1 Å². The molecule has 0 bridgehead atoms. The molecule has 0 aromatic carbocycles. The van der Waals surface area contributed by atoms with Crippen LogP contribution in [0.1, 0.15) is 83.1 Å². The van der Waals surface area contributed by atoms with Crippen molar-refractivity contribution in [2.45, 2.75) is 114 Å². The quantitative estimate of drug-likeness (QED) is 0.132. The van der Waals surface area contributed by atoms with Gasteiger partial charge < -0.3 is 33.2 Å². The molecule has 0 saturated carbocycles. The molecule has 0 N–H and O–H groups in total. The molecule has 0 aliphatic carbocycles. The Hall–Kier alpha value is -1.95. The highest BCUT2D eigenvalue weighted by molar-refractivity contribution is 6.17. The van der Waals surface area contributed by atoms with Crippen molar-refractivity contribution in [1.29, 1.82) is 0 Å². The van der Waals surface area contributed by atoms with Crippen molar-refractivity contribution in [3.63, 3.8) is 0 Å². The third-order valence-corrected chi connectivity index (χ3v) is 6.03. The molecule has 1 aliphatic rings. The Bertz CT molecular complexity index is 922. The van der Waals surface area contributed by atoms with Gasteiger partial charge >= 0.3 is 23.9 Å². The van der Waals surface area contributed by atoms with E-state index >= 15 is 0 Å². The summed E-state index contributed by atoms with van der Waals surface area (Å²) >= 11 is 5.67. The maximum Gasteiger partial charge on any atom is 0.311 e. The molecule has 0 unspecified atom stereocenters. The summed E-state index contributed by atoms with van der Waals surface area (Å²) < 4.78 is 40.6. The summed E-state index contributed by atoms with van der Waals surface area (Å²) in [5, 5.41) is 0. The van der Waals surface area contributed by atoms with Crippen molar-refractivity contribution < 1.29 is 52.3 Å². The molecule has 1 heterocycles. The van der Waals surface area contributed by atoms with Crippen molar-refractivity contribution >= 4 is 35.5 Å². The van der Waals surface area contributed by atoms with Crippen molar-refractivity contribution in [1.82, 2.24) is 0 Å². The van der Waals surface area contributed by atoms with Gasteiger partial charge in [0.1, 0.15) is 12.7 Å². The maximum absolute atomic E-state index is 13.2. The Morgan fingerprint density at radius 1 is 0.667 bits per heavy atom. The third-order valence-electron chi connectivity index (χ3n) is 5.88. The normalized spacial score (nSPS) is 22.3. The van der Waals surface area contributed by atoms with E-state index in [9.17, 15) is 19.2 Å². The molecular weight excluding hydrogens is 572 g/mol. The van der Waals surface area contributed by atoms with Gasteiger partial charge in [-0.25, -0.2) is 0 Å². The Balaban J connectivity index is 3.56. The first-order valence-corrected chi connectivity index (χ1v) is 14.7. The van der Waals surface area contributed by atoms with Crippen LogP contribution in [0.4, 0.5) is 0 Å². The highest BCUT2D eigenvalue weighted by Crippen LogP contribution is 2.35. The molecule has 5 atom stereocenters. The molecule has 11 nitrogen and oxygen atoms in total. The minimum absolute atomic E-state index is 0.0310. The Kier molecular flexibility index (Phi) is 13.8.